The van der Waals surface area contributed by atoms with Crippen molar-refractivity contribution in [3.63, 3.8) is 0 Å². The number of hydrogen-bond acceptors (Lipinski definition) is 1. The van der Waals surface area contributed by atoms with Crippen molar-refractivity contribution >= 4 is 0 Å². The quantitative estimate of drug-likeness (QED) is 0.662. The lowest BCUT2D eigenvalue weighted by atomic mass is 10.3. The minimum atomic E-state index is -0.302. The Morgan fingerprint density at radius 3 is 2.33 bits per heavy atom. The zero-order chi connectivity index (χ0) is 9.40. The van der Waals surface area contributed by atoms with Crippen LogP contribution in [0.4, 0.5) is 4.39 Å². The summed E-state index contributed by atoms with van der Waals surface area (Å²) < 4.78 is 17.6. The Balaban J connectivity index is 0.000000561. The van der Waals surface area contributed by atoms with Crippen LogP contribution >= 0.6 is 0 Å². The molecule has 0 fully saturated rings. The third-order valence-electron chi connectivity index (χ3n) is 1.14. The minimum absolute atomic E-state index is 0.302. The van der Waals surface area contributed by atoms with E-state index in [1.807, 2.05) is 20.8 Å². The van der Waals surface area contributed by atoms with Gasteiger partial charge in [-0.05, 0) is 19.1 Å². The maximum absolute atomic E-state index is 12.7. The van der Waals surface area contributed by atoms with Crippen LogP contribution < -0.4 is 4.74 Å². The number of rotatable bonds is 2. The second-order valence-electron chi connectivity index (χ2n) is 1.86. The highest BCUT2D eigenvalue weighted by Gasteiger charge is 1.97. The van der Waals surface area contributed by atoms with Gasteiger partial charge in [-0.2, -0.15) is 0 Å². The monoisotopic (exact) mass is 170 g/mol. The van der Waals surface area contributed by atoms with Gasteiger partial charge in [0.05, 0.1) is 6.61 Å². The third kappa shape index (κ3) is 3.37. The fourth-order valence-corrected chi connectivity index (χ4v) is 0.717. The fraction of sp³-hybridized carbons (Fsp3) is 0.400. The summed E-state index contributed by atoms with van der Waals surface area (Å²) in [6, 6.07) is 6.37. The average Bonchev–Trinajstić information content (AvgIpc) is 2.13. The maximum Gasteiger partial charge on any atom is 0.165 e. The molecule has 0 spiro atoms. The average molecular weight is 170 g/mol. The summed E-state index contributed by atoms with van der Waals surface area (Å²) in [5, 5.41) is 0. The zero-order valence-electron chi connectivity index (χ0n) is 7.80. The van der Waals surface area contributed by atoms with Crippen molar-refractivity contribution in [3.05, 3.63) is 30.1 Å². The predicted octanol–water partition coefficient (Wildman–Crippen LogP) is 3.25. The summed E-state index contributed by atoms with van der Waals surface area (Å²) in [4.78, 5) is 0. The summed E-state index contributed by atoms with van der Waals surface area (Å²) in [5.41, 5.74) is 0. The summed E-state index contributed by atoms with van der Waals surface area (Å²) in [6.07, 6.45) is 0. The van der Waals surface area contributed by atoms with Crippen molar-refractivity contribution in [2.24, 2.45) is 0 Å². The zero-order valence-corrected chi connectivity index (χ0v) is 7.80. The Bertz CT molecular complexity index is 211. The van der Waals surface area contributed by atoms with E-state index in [2.05, 4.69) is 0 Å². The van der Waals surface area contributed by atoms with Crippen LogP contribution in [0.15, 0.2) is 24.3 Å². The first-order chi connectivity index (χ1) is 5.84. The highest BCUT2D eigenvalue weighted by Crippen LogP contribution is 2.14. The molecule has 2 heteroatoms. The van der Waals surface area contributed by atoms with E-state index in [4.69, 9.17) is 4.74 Å². The standard InChI is InChI=1S/C8H9FO.C2H6/c1-2-10-8-6-4-3-5-7(8)9;1-2/h3-6H,2H2,1H3;1-2H3. The molecular weight excluding hydrogens is 155 g/mol. The van der Waals surface area contributed by atoms with E-state index in [9.17, 15) is 4.39 Å². The van der Waals surface area contributed by atoms with Gasteiger partial charge in [0, 0.05) is 0 Å². The number of halogens is 1. The van der Waals surface area contributed by atoms with Gasteiger partial charge in [-0.25, -0.2) is 4.39 Å². The molecule has 0 radical (unpaired) electrons. The molecule has 0 heterocycles. The summed E-state index contributed by atoms with van der Waals surface area (Å²) in [7, 11) is 0. The smallest absolute Gasteiger partial charge is 0.165 e. The molecule has 12 heavy (non-hydrogen) atoms. The van der Waals surface area contributed by atoms with Crippen molar-refractivity contribution in [2.75, 3.05) is 6.61 Å². The fourth-order valence-electron chi connectivity index (χ4n) is 0.717. The molecular formula is C10H15FO. The van der Waals surface area contributed by atoms with Crippen LogP contribution in [0, 0.1) is 5.82 Å². The molecule has 0 aromatic heterocycles. The SMILES string of the molecule is CC.CCOc1ccccc1F. The number of hydrogen-bond donors (Lipinski definition) is 0. The van der Waals surface area contributed by atoms with Gasteiger partial charge < -0.3 is 4.74 Å². The van der Waals surface area contributed by atoms with Gasteiger partial charge >= 0.3 is 0 Å². The van der Waals surface area contributed by atoms with Gasteiger partial charge in [0.25, 0.3) is 0 Å². The molecule has 68 valence electrons. The first-order valence-corrected chi connectivity index (χ1v) is 4.22. The van der Waals surface area contributed by atoms with E-state index >= 15 is 0 Å². The molecule has 0 atom stereocenters. The van der Waals surface area contributed by atoms with Crippen molar-refractivity contribution in [2.45, 2.75) is 20.8 Å². The summed E-state index contributed by atoms with van der Waals surface area (Å²) >= 11 is 0. The molecule has 1 aromatic rings. The van der Waals surface area contributed by atoms with E-state index in [0.29, 0.717) is 12.4 Å². The highest BCUT2D eigenvalue weighted by atomic mass is 19.1. The van der Waals surface area contributed by atoms with E-state index < -0.39 is 0 Å². The number of ether oxygens (including phenoxy) is 1. The van der Waals surface area contributed by atoms with E-state index in [-0.39, 0.29) is 5.82 Å². The van der Waals surface area contributed by atoms with Gasteiger partial charge in [-0.15, -0.1) is 0 Å². The number of benzene rings is 1. The van der Waals surface area contributed by atoms with Crippen molar-refractivity contribution in [3.8, 4) is 5.75 Å². The molecule has 0 saturated heterocycles. The first kappa shape index (κ1) is 11.0. The molecule has 0 unspecified atom stereocenters. The van der Waals surface area contributed by atoms with Crippen molar-refractivity contribution in [1.29, 1.82) is 0 Å². The molecule has 0 N–H and O–H groups in total. The second-order valence-corrected chi connectivity index (χ2v) is 1.86. The largest absolute Gasteiger partial charge is 0.491 e. The van der Waals surface area contributed by atoms with E-state index in [0.717, 1.165) is 0 Å². The van der Waals surface area contributed by atoms with Gasteiger partial charge in [0.1, 0.15) is 0 Å². The Labute approximate surface area is 73.2 Å². The molecule has 0 amide bonds. The first-order valence-electron chi connectivity index (χ1n) is 4.22. The molecule has 0 aliphatic heterocycles. The molecule has 0 bridgehead atoms. The van der Waals surface area contributed by atoms with Crippen LogP contribution in [0.5, 0.6) is 5.75 Å². The molecule has 0 aliphatic carbocycles. The number of para-hydroxylation sites is 1. The van der Waals surface area contributed by atoms with Crippen LogP contribution in [-0.4, -0.2) is 6.61 Å². The van der Waals surface area contributed by atoms with Gasteiger partial charge in [-0.1, -0.05) is 26.0 Å². The normalized spacial score (nSPS) is 8.33. The topological polar surface area (TPSA) is 9.23 Å². The third-order valence-corrected chi connectivity index (χ3v) is 1.14. The lowest BCUT2D eigenvalue weighted by Crippen LogP contribution is -1.93. The summed E-state index contributed by atoms with van der Waals surface area (Å²) in [5.74, 6) is 0.0225. The van der Waals surface area contributed by atoms with Crippen LogP contribution in [0.3, 0.4) is 0 Å². The Kier molecular flexibility index (Phi) is 6.07. The van der Waals surface area contributed by atoms with Crippen LogP contribution in [-0.2, 0) is 0 Å². The maximum atomic E-state index is 12.7. The van der Waals surface area contributed by atoms with Crippen molar-refractivity contribution in [1.82, 2.24) is 0 Å². The van der Waals surface area contributed by atoms with E-state index in [1.165, 1.54) is 6.07 Å². The van der Waals surface area contributed by atoms with Crippen LogP contribution in [0.1, 0.15) is 20.8 Å². The Morgan fingerprint density at radius 2 is 1.83 bits per heavy atom. The summed E-state index contributed by atoms with van der Waals surface area (Å²) in [6.45, 7) is 6.33. The van der Waals surface area contributed by atoms with Gasteiger partial charge in [0.15, 0.2) is 11.6 Å². The van der Waals surface area contributed by atoms with Crippen LogP contribution in [0.2, 0.25) is 0 Å². The lowest BCUT2D eigenvalue weighted by Gasteiger charge is -2.01. The molecule has 0 aliphatic rings. The Hall–Kier alpha value is -1.05. The highest BCUT2D eigenvalue weighted by molar-refractivity contribution is 5.23. The Morgan fingerprint density at radius 1 is 1.25 bits per heavy atom. The van der Waals surface area contributed by atoms with Gasteiger partial charge in [0.2, 0.25) is 0 Å². The molecule has 1 aromatic carbocycles. The molecule has 1 rings (SSSR count). The lowest BCUT2D eigenvalue weighted by molar-refractivity contribution is 0.321. The van der Waals surface area contributed by atoms with Gasteiger partial charge in [-0.3, -0.25) is 0 Å². The molecule has 1 nitrogen and oxygen atoms in total. The van der Waals surface area contributed by atoms with Crippen molar-refractivity contribution < 1.29 is 9.13 Å². The van der Waals surface area contributed by atoms with E-state index in [1.54, 1.807) is 18.2 Å². The second kappa shape index (κ2) is 6.65. The predicted molar refractivity (Wildman–Crippen MR) is 48.9 cm³/mol. The minimum Gasteiger partial charge on any atom is -0.491 e. The van der Waals surface area contributed by atoms with Crippen LogP contribution in [0.25, 0.3) is 0 Å². The molecule has 0 saturated carbocycles.